The molecule has 0 atom stereocenters. The minimum Gasteiger partial charge on any atom is -0.495 e. The van der Waals surface area contributed by atoms with Crippen LogP contribution < -0.4 is 9.64 Å². The van der Waals surface area contributed by atoms with E-state index in [1.807, 2.05) is 30.1 Å². The number of fused-ring (bicyclic) bond motifs is 1. The number of aromatic amines is 1. The predicted octanol–water partition coefficient (Wildman–Crippen LogP) is 5.51. The fourth-order valence-electron chi connectivity index (χ4n) is 3.73. The second-order valence-electron chi connectivity index (χ2n) is 7.22. The van der Waals surface area contributed by atoms with Crippen molar-refractivity contribution in [1.82, 2.24) is 15.0 Å². The Morgan fingerprint density at radius 3 is 2.67 bits per heavy atom. The van der Waals surface area contributed by atoms with Crippen LogP contribution in [0.3, 0.4) is 0 Å². The molecule has 4 aromatic rings. The van der Waals surface area contributed by atoms with Gasteiger partial charge in [-0.3, -0.25) is 4.98 Å². The van der Waals surface area contributed by atoms with Gasteiger partial charge in [0.25, 0.3) is 0 Å². The van der Waals surface area contributed by atoms with Crippen LogP contribution in [-0.4, -0.2) is 46.7 Å². The topological polar surface area (TPSA) is 54.0 Å². The predicted molar refractivity (Wildman–Crippen MR) is 126 cm³/mol. The van der Waals surface area contributed by atoms with Gasteiger partial charge in [0.1, 0.15) is 11.6 Å². The third-order valence-electron chi connectivity index (χ3n) is 5.36. The van der Waals surface area contributed by atoms with E-state index in [0.717, 1.165) is 63.7 Å². The summed E-state index contributed by atoms with van der Waals surface area (Å²) < 4.78 is 5.30. The highest BCUT2D eigenvalue weighted by atomic mass is 35.5. The molecule has 0 radical (unpaired) electrons. The molecule has 1 aliphatic rings. The van der Waals surface area contributed by atoms with Crippen LogP contribution in [0.15, 0.2) is 55.0 Å². The van der Waals surface area contributed by atoms with Crippen LogP contribution in [-0.2, 0) is 0 Å². The normalized spacial score (nSPS) is 14.3. The van der Waals surface area contributed by atoms with Crippen LogP contribution in [0.4, 0.5) is 5.82 Å². The zero-order valence-corrected chi connectivity index (χ0v) is 18.1. The van der Waals surface area contributed by atoms with Crippen LogP contribution in [0.5, 0.6) is 5.75 Å². The zero-order chi connectivity index (χ0) is 20.5. The average Bonchev–Trinajstić information content (AvgIpc) is 3.22. The number of hydrogen-bond acceptors (Lipinski definition) is 5. The fourth-order valence-corrected chi connectivity index (χ4v) is 4.91. The number of pyridine rings is 2. The quantitative estimate of drug-likeness (QED) is 0.457. The van der Waals surface area contributed by atoms with E-state index in [0.29, 0.717) is 10.8 Å². The lowest BCUT2D eigenvalue weighted by Gasteiger charge is -2.27. The van der Waals surface area contributed by atoms with Gasteiger partial charge in [0.15, 0.2) is 0 Å². The molecule has 1 fully saturated rings. The Bertz CT molecular complexity index is 1190. The van der Waals surface area contributed by atoms with Crippen molar-refractivity contribution in [1.29, 1.82) is 0 Å². The molecule has 4 heterocycles. The summed E-state index contributed by atoms with van der Waals surface area (Å²) in [6, 6.07) is 12.4. The second kappa shape index (κ2) is 8.20. The Kier molecular flexibility index (Phi) is 5.27. The minimum absolute atomic E-state index is 0.669. The van der Waals surface area contributed by atoms with Crippen LogP contribution >= 0.6 is 23.4 Å². The van der Waals surface area contributed by atoms with Crippen molar-refractivity contribution < 1.29 is 4.74 Å². The molecule has 0 spiro atoms. The molecule has 1 aromatic carbocycles. The second-order valence-corrected chi connectivity index (χ2v) is 8.85. The summed E-state index contributed by atoms with van der Waals surface area (Å²) in [6.07, 6.45) is 5.42. The summed E-state index contributed by atoms with van der Waals surface area (Å²) in [5.74, 6) is 4.08. The van der Waals surface area contributed by atoms with Gasteiger partial charge in [-0.25, -0.2) is 4.98 Å². The Labute approximate surface area is 184 Å². The summed E-state index contributed by atoms with van der Waals surface area (Å²) in [4.78, 5) is 14.8. The summed E-state index contributed by atoms with van der Waals surface area (Å²) in [5.41, 5.74) is 4.93. The van der Waals surface area contributed by atoms with Crippen LogP contribution in [0, 0.1) is 0 Å². The third-order valence-corrected chi connectivity index (χ3v) is 6.62. The number of ether oxygens (including phenoxy) is 1. The third kappa shape index (κ3) is 3.73. The summed E-state index contributed by atoms with van der Waals surface area (Å²) in [7, 11) is 1.63. The molecule has 3 aromatic heterocycles. The number of hydrogen-bond donors (Lipinski definition) is 1. The van der Waals surface area contributed by atoms with E-state index in [-0.39, 0.29) is 0 Å². The lowest BCUT2D eigenvalue weighted by molar-refractivity contribution is 0.413. The number of anilines is 1. The van der Waals surface area contributed by atoms with Crippen molar-refractivity contribution in [3.63, 3.8) is 0 Å². The molecule has 0 bridgehead atoms. The molecule has 5 nitrogen and oxygen atoms in total. The number of nitrogens with zero attached hydrogens (tertiary/aromatic N) is 3. The number of rotatable bonds is 4. The van der Waals surface area contributed by atoms with Crippen molar-refractivity contribution in [2.75, 3.05) is 36.6 Å². The minimum atomic E-state index is 0.669. The highest BCUT2D eigenvalue weighted by Crippen LogP contribution is 2.35. The Morgan fingerprint density at radius 1 is 1.03 bits per heavy atom. The summed E-state index contributed by atoms with van der Waals surface area (Å²) in [5, 5.41) is 1.76. The first-order chi connectivity index (χ1) is 14.7. The molecule has 0 aliphatic carbocycles. The van der Waals surface area contributed by atoms with Crippen LogP contribution in [0.1, 0.15) is 0 Å². The SMILES string of the molecule is COc1cncc(-c2cc3cc(-c4ccc(N5CCSCC5)nc4)[nH]c3cc2Cl)c1. The molecular formula is C23H21ClN4OS. The molecule has 0 saturated carbocycles. The fraction of sp³-hybridized carbons (Fsp3) is 0.217. The maximum Gasteiger partial charge on any atom is 0.137 e. The standard InChI is InChI=1S/C23H21ClN4OS/c1-29-18-8-17(12-25-14-18)19-9-16-10-21(27-22(16)11-20(19)24)15-2-3-23(26-13-15)28-4-6-30-7-5-28/h2-3,8-14,27H,4-7H2,1H3. The number of benzene rings is 1. The van der Waals surface area contributed by atoms with E-state index in [4.69, 9.17) is 21.3 Å². The maximum absolute atomic E-state index is 6.59. The molecular weight excluding hydrogens is 416 g/mol. The highest BCUT2D eigenvalue weighted by molar-refractivity contribution is 7.99. The van der Waals surface area contributed by atoms with Crippen LogP contribution in [0.25, 0.3) is 33.3 Å². The number of methoxy groups -OCH3 is 1. The molecule has 1 aliphatic heterocycles. The molecule has 5 rings (SSSR count). The van der Waals surface area contributed by atoms with Crippen molar-refractivity contribution in [2.45, 2.75) is 0 Å². The van der Waals surface area contributed by atoms with E-state index >= 15 is 0 Å². The molecule has 30 heavy (non-hydrogen) atoms. The first kappa shape index (κ1) is 19.3. The van der Waals surface area contributed by atoms with E-state index in [2.05, 4.69) is 39.1 Å². The molecule has 0 unspecified atom stereocenters. The van der Waals surface area contributed by atoms with Crippen molar-refractivity contribution in [2.24, 2.45) is 0 Å². The molecule has 0 amide bonds. The van der Waals surface area contributed by atoms with Gasteiger partial charge in [-0.15, -0.1) is 0 Å². The molecule has 1 N–H and O–H groups in total. The number of thioether (sulfide) groups is 1. The van der Waals surface area contributed by atoms with Gasteiger partial charge in [-0.2, -0.15) is 11.8 Å². The molecule has 7 heteroatoms. The maximum atomic E-state index is 6.59. The number of halogens is 1. The average molecular weight is 437 g/mol. The number of nitrogens with one attached hydrogen (secondary N) is 1. The molecule has 1 saturated heterocycles. The first-order valence-corrected chi connectivity index (χ1v) is 11.4. The highest BCUT2D eigenvalue weighted by Gasteiger charge is 2.14. The van der Waals surface area contributed by atoms with Crippen LogP contribution in [0.2, 0.25) is 5.02 Å². The van der Waals surface area contributed by atoms with E-state index in [1.54, 1.807) is 19.5 Å². The van der Waals surface area contributed by atoms with Gasteiger partial charge in [0.2, 0.25) is 0 Å². The van der Waals surface area contributed by atoms with Gasteiger partial charge in [-0.1, -0.05) is 11.6 Å². The zero-order valence-electron chi connectivity index (χ0n) is 16.6. The largest absolute Gasteiger partial charge is 0.495 e. The monoisotopic (exact) mass is 436 g/mol. The Morgan fingerprint density at radius 2 is 1.90 bits per heavy atom. The molecule has 152 valence electrons. The van der Waals surface area contributed by atoms with E-state index in [1.165, 1.54) is 0 Å². The lowest BCUT2D eigenvalue weighted by Crippen LogP contribution is -2.32. The Hall–Kier alpha value is -2.70. The summed E-state index contributed by atoms with van der Waals surface area (Å²) >= 11 is 8.59. The van der Waals surface area contributed by atoms with Crippen molar-refractivity contribution in [3.8, 4) is 28.1 Å². The van der Waals surface area contributed by atoms with Crippen molar-refractivity contribution >= 4 is 40.1 Å². The number of aromatic nitrogens is 3. The van der Waals surface area contributed by atoms with E-state index in [9.17, 15) is 0 Å². The lowest BCUT2D eigenvalue weighted by atomic mass is 10.1. The van der Waals surface area contributed by atoms with Gasteiger partial charge >= 0.3 is 0 Å². The van der Waals surface area contributed by atoms with Gasteiger partial charge in [-0.05, 0) is 36.4 Å². The first-order valence-electron chi connectivity index (χ1n) is 9.82. The smallest absolute Gasteiger partial charge is 0.137 e. The van der Waals surface area contributed by atoms with Crippen molar-refractivity contribution in [3.05, 3.63) is 60.0 Å². The van der Waals surface area contributed by atoms with Gasteiger partial charge in [0.05, 0.1) is 18.3 Å². The Balaban J connectivity index is 1.47. The number of H-pyrrole nitrogens is 1. The van der Waals surface area contributed by atoms with Gasteiger partial charge < -0.3 is 14.6 Å². The summed E-state index contributed by atoms with van der Waals surface area (Å²) in [6.45, 7) is 2.12. The van der Waals surface area contributed by atoms with Gasteiger partial charge in [0, 0.05) is 70.3 Å². The van der Waals surface area contributed by atoms with E-state index < -0.39 is 0 Å².